The Balaban J connectivity index is 0.00000108. The number of amides is 1. The van der Waals surface area contributed by atoms with Crippen LogP contribution in [-0.2, 0) is 27.3 Å². The van der Waals surface area contributed by atoms with Crippen molar-refractivity contribution in [1.82, 2.24) is 20.4 Å². The molecule has 1 aliphatic heterocycles. The summed E-state index contributed by atoms with van der Waals surface area (Å²) in [5, 5.41) is 15.8. The number of nitrogens with zero attached hydrogens (tertiary/aromatic N) is 3. The van der Waals surface area contributed by atoms with E-state index in [9.17, 15) is 4.79 Å². The van der Waals surface area contributed by atoms with Crippen LogP contribution in [0.2, 0.25) is 10.0 Å². The van der Waals surface area contributed by atoms with Gasteiger partial charge >= 0.3 is 0 Å². The van der Waals surface area contributed by atoms with Gasteiger partial charge in [-0.3, -0.25) is 14.5 Å². The van der Waals surface area contributed by atoms with Gasteiger partial charge in [0.05, 0.1) is 34.9 Å². The van der Waals surface area contributed by atoms with E-state index in [1.165, 1.54) is 11.3 Å². The van der Waals surface area contributed by atoms with E-state index in [1.54, 1.807) is 0 Å². The van der Waals surface area contributed by atoms with Crippen molar-refractivity contribution in [2.75, 3.05) is 26.2 Å². The van der Waals surface area contributed by atoms with E-state index in [1.807, 2.05) is 38.1 Å². The quantitative estimate of drug-likeness (QED) is 0.432. The predicted molar refractivity (Wildman–Crippen MR) is 134 cm³/mol. The maximum Gasteiger partial charge on any atom is 0.290 e. The van der Waals surface area contributed by atoms with E-state index < -0.39 is 0 Å². The van der Waals surface area contributed by atoms with Gasteiger partial charge in [0.1, 0.15) is 16.5 Å². The molecule has 9 nitrogen and oxygen atoms in total. The van der Waals surface area contributed by atoms with E-state index in [0.29, 0.717) is 28.9 Å². The normalized spacial score (nSPS) is 15.8. The van der Waals surface area contributed by atoms with Gasteiger partial charge in [0.25, 0.3) is 6.47 Å². The fraction of sp³-hybridized carbons (Fsp3) is 0.391. The maximum absolute atomic E-state index is 12.5. The number of aromatic nitrogens is 2. The molecule has 3 aromatic rings. The van der Waals surface area contributed by atoms with Gasteiger partial charge in [-0.15, -0.1) is 11.3 Å². The molecule has 2 N–H and O–H groups in total. The van der Waals surface area contributed by atoms with Gasteiger partial charge < -0.3 is 19.7 Å². The average Bonchev–Trinajstić information content (AvgIpc) is 3.41. The number of aryl methyl sites for hydroxylation is 2. The zero-order valence-corrected chi connectivity index (χ0v) is 21.6. The van der Waals surface area contributed by atoms with Gasteiger partial charge in [-0.05, 0) is 31.5 Å². The summed E-state index contributed by atoms with van der Waals surface area (Å²) in [6.07, 6.45) is 0.215. The number of carboxylic acid groups (broad SMARTS) is 1. The van der Waals surface area contributed by atoms with Crippen LogP contribution in [0.15, 0.2) is 28.8 Å². The van der Waals surface area contributed by atoms with Gasteiger partial charge in [-0.2, -0.15) is 0 Å². The number of carbonyl (C=O) groups excluding carboxylic acids is 1. The standard InChI is InChI=1S/C22H24Cl2N4O3S.CH2O2/c1-13-7-19(27-31-13)22-26-14(2)20(32-22)9-21(29)25-10-16-12-28(5-6-30-16)11-15-3-4-17(23)18(24)8-15;2-1-3/h3-4,7-8,16H,5-6,9-12H2,1-2H3,(H,25,29);1H,(H,2,3)/t16-;/m0./s1. The number of nitrogens with one attached hydrogen (secondary N) is 1. The van der Waals surface area contributed by atoms with Crippen LogP contribution in [0.4, 0.5) is 0 Å². The number of carbonyl (C=O) groups is 2. The van der Waals surface area contributed by atoms with Crippen molar-refractivity contribution in [3.63, 3.8) is 0 Å². The highest BCUT2D eigenvalue weighted by Crippen LogP contribution is 2.28. The first kappa shape index (κ1) is 27.1. The molecular weight excluding hydrogens is 515 g/mol. The molecule has 0 saturated carbocycles. The molecule has 0 spiro atoms. The second-order valence-corrected chi connectivity index (χ2v) is 9.81. The Morgan fingerprint density at radius 2 is 2.09 bits per heavy atom. The fourth-order valence-corrected chi connectivity index (χ4v) is 4.88. The van der Waals surface area contributed by atoms with E-state index in [0.717, 1.165) is 46.5 Å². The Morgan fingerprint density at radius 1 is 1.31 bits per heavy atom. The first-order valence-electron chi connectivity index (χ1n) is 10.8. The highest BCUT2D eigenvalue weighted by molar-refractivity contribution is 7.15. The summed E-state index contributed by atoms with van der Waals surface area (Å²) in [4.78, 5) is 28.6. The minimum atomic E-state index is -0.250. The summed E-state index contributed by atoms with van der Waals surface area (Å²) < 4.78 is 11.0. The molecular formula is C23H26Cl2N4O5S. The summed E-state index contributed by atoms with van der Waals surface area (Å²) in [5.74, 6) is 0.678. The lowest BCUT2D eigenvalue weighted by atomic mass is 10.2. The molecule has 12 heteroatoms. The average molecular weight is 541 g/mol. The number of ether oxygens (including phenoxy) is 1. The molecule has 1 fully saturated rings. The van der Waals surface area contributed by atoms with Gasteiger partial charge in [0.2, 0.25) is 5.91 Å². The number of hydrogen-bond donors (Lipinski definition) is 2. The minimum absolute atomic E-state index is 0.0511. The summed E-state index contributed by atoms with van der Waals surface area (Å²) in [7, 11) is 0. The Morgan fingerprint density at radius 3 is 2.77 bits per heavy atom. The second kappa shape index (κ2) is 13.0. The highest BCUT2D eigenvalue weighted by atomic mass is 35.5. The monoisotopic (exact) mass is 540 g/mol. The number of rotatable bonds is 7. The van der Waals surface area contributed by atoms with Gasteiger partial charge in [-0.1, -0.05) is 34.4 Å². The van der Waals surface area contributed by atoms with Crippen molar-refractivity contribution in [2.24, 2.45) is 0 Å². The van der Waals surface area contributed by atoms with Crippen molar-refractivity contribution in [3.05, 3.63) is 56.2 Å². The minimum Gasteiger partial charge on any atom is -0.483 e. The zero-order valence-electron chi connectivity index (χ0n) is 19.3. The number of thiazole rings is 1. The van der Waals surface area contributed by atoms with Crippen LogP contribution in [0.1, 0.15) is 21.9 Å². The lowest BCUT2D eigenvalue weighted by Gasteiger charge is -2.33. The van der Waals surface area contributed by atoms with Gasteiger partial charge in [-0.25, -0.2) is 4.98 Å². The summed E-state index contributed by atoms with van der Waals surface area (Å²) in [6, 6.07) is 7.52. The molecule has 3 heterocycles. The molecule has 0 radical (unpaired) electrons. The lowest BCUT2D eigenvalue weighted by molar-refractivity contribution is -0.123. The second-order valence-electron chi connectivity index (χ2n) is 7.91. The first-order valence-corrected chi connectivity index (χ1v) is 12.4. The van der Waals surface area contributed by atoms with Gasteiger partial charge in [0, 0.05) is 37.1 Å². The molecule has 1 amide bonds. The highest BCUT2D eigenvalue weighted by Gasteiger charge is 2.22. The summed E-state index contributed by atoms with van der Waals surface area (Å²) in [6.45, 7) is 6.89. The third-order valence-electron chi connectivity index (χ3n) is 5.20. The van der Waals surface area contributed by atoms with Crippen LogP contribution in [0.25, 0.3) is 10.7 Å². The van der Waals surface area contributed by atoms with E-state index in [4.69, 9.17) is 42.4 Å². The van der Waals surface area contributed by atoms with E-state index in [-0.39, 0.29) is 24.9 Å². The van der Waals surface area contributed by atoms with Crippen LogP contribution in [0.3, 0.4) is 0 Å². The summed E-state index contributed by atoms with van der Waals surface area (Å²) in [5.41, 5.74) is 2.63. The lowest BCUT2D eigenvalue weighted by Crippen LogP contribution is -2.47. The zero-order chi connectivity index (χ0) is 25.4. The Kier molecular flexibility index (Phi) is 10.1. The van der Waals surface area contributed by atoms with Crippen molar-refractivity contribution >= 4 is 46.9 Å². The Hall–Kier alpha value is -2.50. The number of halogens is 2. The van der Waals surface area contributed by atoms with Crippen molar-refractivity contribution < 1.29 is 24.0 Å². The predicted octanol–water partition coefficient (Wildman–Crippen LogP) is 3.98. The Labute approximate surface area is 217 Å². The van der Waals surface area contributed by atoms with Crippen LogP contribution in [-0.4, -0.2) is 64.9 Å². The molecule has 1 aliphatic rings. The van der Waals surface area contributed by atoms with Crippen molar-refractivity contribution in [2.45, 2.75) is 32.9 Å². The van der Waals surface area contributed by atoms with E-state index >= 15 is 0 Å². The molecule has 0 aliphatic carbocycles. The number of hydrogen-bond acceptors (Lipinski definition) is 8. The molecule has 2 aromatic heterocycles. The first-order chi connectivity index (χ1) is 16.8. The van der Waals surface area contributed by atoms with Gasteiger partial charge in [0.15, 0.2) is 0 Å². The van der Waals surface area contributed by atoms with Crippen LogP contribution in [0, 0.1) is 13.8 Å². The molecule has 1 saturated heterocycles. The SMILES string of the molecule is Cc1cc(-c2nc(C)c(CC(=O)NC[C@H]3CN(Cc4ccc(Cl)c(Cl)c4)CCO3)s2)no1.O=CO. The molecule has 0 bridgehead atoms. The Bertz CT molecular complexity index is 1150. The van der Waals surface area contributed by atoms with Crippen LogP contribution < -0.4 is 5.32 Å². The fourth-order valence-electron chi connectivity index (χ4n) is 3.55. The molecule has 35 heavy (non-hydrogen) atoms. The molecule has 1 aromatic carbocycles. The number of benzene rings is 1. The molecule has 188 valence electrons. The smallest absolute Gasteiger partial charge is 0.290 e. The number of morpholine rings is 1. The maximum atomic E-state index is 12.5. The molecule has 1 atom stereocenters. The molecule has 0 unspecified atom stereocenters. The van der Waals surface area contributed by atoms with Crippen LogP contribution >= 0.6 is 34.5 Å². The van der Waals surface area contributed by atoms with E-state index in [2.05, 4.69) is 20.4 Å². The largest absolute Gasteiger partial charge is 0.483 e. The summed E-state index contributed by atoms with van der Waals surface area (Å²) >= 11 is 13.6. The molecule has 4 rings (SSSR count). The van der Waals surface area contributed by atoms with Crippen molar-refractivity contribution in [1.29, 1.82) is 0 Å². The van der Waals surface area contributed by atoms with Crippen molar-refractivity contribution in [3.8, 4) is 10.7 Å². The third-order valence-corrected chi connectivity index (χ3v) is 7.12. The third kappa shape index (κ3) is 8.01. The topological polar surface area (TPSA) is 118 Å². The van der Waals surface area contributed by atoms with Crippen LogP contribution in [0.5, 0.6) is 0 Å².